The van der Waals surface area contributed by atoms with E-state index in [1.165, 1.54) is 0 Å². The van der Waals surface area contributed by atoms with Crippen molar-refractivity contribution < 1.29 is 19.2 Å². The quantitative estimate of drug-likeness (QED) is 0.395. The molecule has 0 saturated carbocycles. The number of carbonyl (C=O) groups excluding carboxylic acids is 1. The first kappa shape index (κ1) is 20.4. The monoisotopic (exact) mass is 438 g/mol. The topological polar surface area (TPSA) is 143 Å². The SMILES string of the molecule is Cc1nc(-c2ccc3ccnc(NCCC(=O)Nc4nc(C)c(C(=O)O)s4)c3c2)no1. The fourth-order valence-electron chi connectivity index (χ4n) is 2.99. The molecule has 3 N–H and O–H groups in total. The maximum atomic E-state index is 12.2. The van der Waals surface area contributed by atoms with Crippen LogP contribution in [0.3, 0.4) is 0 Å². The van der Waals surface area contributed by atoms with E-state index < -0.39 is 5.97 Å². The van der Waals surface area contributed by atoms with Crippen LogP contribution in [0, 0.1) is 13.8 Å². The molecule has 158 valence electrons. The second kappa shape index (κ2) is 8.48. The molecule has 0 unspecified atom stereocenters. The molecule has 11 heteroatoms. The van der Waals surface area contributed by atoms with E-state index in [1.54, 1.807) is 20.0 Å². The average molecular weight is 438 g/mol. The van der Waals surface area contributed by atoms with Gasteiger partial charge in [-0.3, -0.25) is 4.79 Å². The lowest BCUT2D eigenvalue weighted by atomic mass is 10.1. The summed E-state index contributed by atoms with van der Waals surface area (Å²) >= 11 is 0.934. The molecule has 10 nitrogen and oxygen atoms in total. The number of benzene rings is 1. The number of carboxylic acid groups (broad SMARTS) is 1. The van der Waals surface area contributed by atoms with Crippen LogP contribution >= 0.6 is 11.3 Å². The number of carbonyl (C=O) groups is 2. The van der Waals surface area contributed by atoms with Crippen LogP contribution in [0.15, 0.2) is 35.0 Å². The molecule has 0 radical (unpaired) electrons. The lowest BCUT2D eigenvalue weighted by molar-refractivity contribution is -0.115. The largest absolute Gasteiger partial charge is 0.477 e. The van der Waals surface area contributed by atoms with Crippen molar-refractivity contribution >= 4 is 44.9 Å². The van der Waals surface area contributed by atoms with Crippen molar-refractivity contribution in [1.82, 2.24) is 20.1 Å². The maximum Gasteiger partial charge on any atom is 0.347 e. The fourth-order valence-corrected chi connectivity index (χ4v) is 3.81. The van der Waals surface area contributed by atoms with Crippen molar-refractivity contribution in [3.63, 3.8) is 0 Å². The van der Waals surface area contributed by atoms with Gasteiger partial charge in [0, 0.05) is 37.0 Å². The summed E-state index contributed by atoms with van der Waals surface area (Å²) in [4.78, 5) is 36.1. The van der Waals surface area contributed by atoms with Gasteiger partial charge in [-0.05, 0) is 24.4 Å². The van der Waals surface area contributed by atoms with E-state index in [9.17, 15) is 9.59 Å². The molecule has 0 spiro atoms. The minimum Gasteiger partial charge on any atom is -0.477 e. The number of hydrogen-bond donors (Lipinski definition) is 3. The van der Waals surface area contributed by atoms with Crippen LogP contribution in [0.2, 0.25) is 0 Å². The predicted molar refractivity (Wildman–Crippen MR) is 115 cm³/mol. The van der Waals surface area contributed by atoms with Crippen molar-refractivity contribution in [3.05, 3.63) is 46.9 Å². The smallest absolute Gasteiger partial charge is 0.347 e. The number of thiazole rings is 1. The minimum atomic E-state index is -1.06. The molecular formula is C20H18N6O4S. The third-order valence-corrected chi connectivity index (χ3v) is 5.49. The summed E-state index contributed by atoms with van der Waals surface area (Å²) in [5.74, 6) is 0.270. The Morgan fingerprint density at radius 3 is 2.74 bits per heavy atom. The zero-order valence-electron chi connectivity index (χ0n) is 16.7. The third kappa shape index (κ3) is 4.51. The first-order valence-electron chi connectivity index (χ1n) is 9.34. The summed E-state index contributed by atoms with van der Waals surface area (Å²) < 4.78 is 5.05. The van der Waals surface area contributed by atoms with Crippen molar-refractivity contribution in [2.45, 2.75) is 20.3 Å². The molecule has 1 amide bonds. The van der Waals surface area contributed by atoms with E-state index in [2.05, 4.69) is 30.7 Å². The second-order valence-electron chi connectivity index (χ2n) is 6.70. The summed E-state index contributed by atoms with van der Waals surface area (Å²) in [5, 5.41) is 21.0. The highest BCUT2D eigenvalue weighted by Gasteiger charge is 2.15. The minimum absolute atomic E-state index is 0.112. The summed E-state index contributed by atoms with van der Waals surface area (Å²) in [6, 6.07) is 7.66. The van der Waals surface area contributed by atoms with E-state index in [0.717, 1.165) is 27.7 Å². The highest BCUT2D eigenvalue weighted by Crippen LogP contribution is 2.27. The van der Waals surface area contributed by atoms with E-state index in [0.29, 0.717) is 29.8 Å². The molecule has 3 aromatic heterocycles. The van der Waals surface area contributed by atoms with Crippen LogP contribution in [0.5, 0.6) is 0 Å². The van der Waals surface area contributed by atoms with Gasteiger partial charge in [0.05, 0.1) is 5.69 Å². The molecule has 4 aromatic rings. The number of nitrogens with zero attached hydrogens (tertiary/aromatic N) is 4. The number of hydrogen-bond acceptors (Lipinski definition) is 9. The molecule has 31 heavy (non-hydrogen) atoms. The molecule has 0 aliphatic rings. The average Bonchev–Trinajstić information content (AvgIpc) is 3.33. The number of nitrogens with one attached hydrogen (secondary N) is 2. The number of pyridine rings is 1. The Labute approximate surface area is 180 Å². The van der Waals surface area contributed by atoms with Crippen LogP contribution < -0.4 is 10.6 Å². The maximum absolute atomic E-state index is 12.2. The van der Waals surface area contributed by atoms with Crippen LogP contribution in [0.4, 0.5) is 10.9 Å². The lowest BCUT2D eigenvalue weighted by Gasteiger charge is -2.09. The Morgan fingerprint density at radius 2 is 2.03 bits per heavy atom. The van der Waals surface area contributed by atoms with Crippen LogP contribution in [-0.2, 0) is 4.79 Å². The van der Waals surface area contributed by atoms with Gasteiger partial charge >= 0.3 is 5.97 Å². The van der Waals surface area contributed by atoms with Gasteiger partial charge in [0.15, 0.2) is 5.13 Å². The van der Waals surface area contributed by atoms with E-state index in [1.807, 2.05) is 24.3 Å². The van der Waals surface area contributed by atoms with Gasteiger partial charge in [0.1, 0.15) is 10.7 Å². The molecule has 0 atom stereocenters. The number of aromatic carboxylic acids is 1. The van der Waals surface area contributed by atoms with Gasteiger partial charge in [-0.2, -0.15) is 4.98 Å². The number of aryl methyl sites for hydroxylation is 2. The Kier molecular flexibility index (Phi) is 5.58. The summed E-state index contributed by atoms with van der Waals surface area (Å²) in [5.41, 5.74) is 1.17. The number of rotatable bonds is 7. The second-order valence-corrected chi connectivity index (χ2v) is 7.70. The molecule has 0 aliphatic carbocycles. The Hall–Kier alpha value is -3.86. The Balaban J connectivity index is 1.43. The number of amides is 1. The molecule has 3 heterocycles. The van der Waals surface area contributed by atoms with Crippen molar-refractivity contribution in [1.29, 1.82) is 0 Å². The van der Waals surface area contributed by atoms with Gasteiger partial charge in [-0.15, -0.1) is 0 Å². The summed E-state index contributed by atoms with van der Waals surface area (Å²) in [6.45, 7) is 3.65. The van der Waals surface area contributed by atoms with E-state index in [-0.39, 0.29) is 22.3 Å². The summed E-state index contributed by atoms with van der Waals surface area (Å²) in [6.07, 6.45) is 1.84. The third-order valence-electron chi connectivity index (χ3n) is 4.43. The number of aromatic nitrogens is 4. The van der Waals surface area contributed by atoms with Crippen LogP contribution in [0.1, 0.15) is 27.7 Å². The predicted octanol–water partition coefficient (Wildman–Crippen LogP) is 3.50. The van der Waals surface area contributed by atoms with Crippen LogP contribution in [-0.4, -0.2) is 43.6 Å². The molecular weight excluding hydrogens is 420 g/mol. The standard InChI is InChI=1S/C20H18N6O4S/c1-10-16(19(28)29)31-20(23-10)25-15(27)6-8-22-18-14-9-13(17-24-11(2)30-26-17)4-3-12(14)5-7-21-18/h3-5,7,9H,6,8H2,1-2H3,(H,21,22)(H,28,29)(H,23,25,27). The number of anilines is 2. The van der Waals surface area contributed by atoms with Crippen molar-refractivity contribution in [3.8, 4) is 11.4 Å². The number of fused-ring (bicyclic) bond motifs is 1. The van der Waals surface area contributed by atoms with Gasteiger partial charge in [0.25, 0.3) is 0 Å². The Morgan fingerprint density at radius 1 is 1.19 bits per heavy atom. The molecule has 0 saturated heterocycles. The lowest BCUT2D eigenvalue weighted by Crippen LogP contribution is -2.16. The molecule has 0 aliphatic heterocycles. The molecule has 0 fully saturated rings. The highest BCUT2D eigenvalue weighted by molar-refractivity contribution is 7.17. The zero-order chi connectivity index (χ0) is 22.0. The molecule has 1 aromatic carbocycles. The first-order valence-corrected chi connectivity index (χ1v) is 10.2. The van der Waals surface area contributed by atoms with Gasteiger partial charge in [0.2, 0.25) is 17.6 Å². The van der Waals surface area contributed by atoms with E-state index >= 15 is 0 Å². The molecule has 4 rings (SSSR count). The fraction of sp³-hybridized carbons (Fsp3) is 0.200. The molecule has 0 bridgehead atoms. The zero-order valence-corrected chi connectivity index (χ0v) is 17.5. The number of carboxylic acids is 1. The first-order chi connectivity index (χ1) is 14.9. The van der Waals surface area contributed by atoms with Gasteiger partial charge in [-0.1, -0.05) is 28.6 Å². The van der Waals surface area contributed by atoms with Gasteiger partial charge in [-0.25, -0.2) is 14.8 Å². The van der Waals surface area contributed by atoms with Crippen molar-refractivity contribution in [2.24, 2.45) is 0 Å². The van der Waals surface area contributed by atoms with Crippen LogP contribution in [0.25, 0.3) is 22.2 Å². The highest BCUT2D eigenvalue weighted by atomic mass is 32.1. The van der Waals surface area contributed by atoms with Crippen molar-refractivity contribution in [2.75, 3.05) is 17.2 Å². The normalized spacial score (nSPS) is 10.9. The van der Waals surface area contributed by atoms with E-state index in [4.69, 9.17) is 9.63 Å². The Bertz CT molecular complexity index is 1280. The summed E-state index contributed by atoms with van der Waals surface area (Å²) in [7, 11) is 0. The van der Waals surface area contributed by atoms with Gasteiger partial charge < -0.3 is 20.3 Å².